The number of hydrogen-bond acceptors (Lipinski definition) is 6. The van der Waals surface area contributed by atoms with Crippen LogP contribution in [0, 0.1) is 0 Å². The van der Waals surface area contributed by atoms with Gasteiger partial charge in [0.25, 0.3) is 5.91 Å². The normalized spacial score (nSPS) is 15.6. The highest BCUT2D eigenvalue weighted by Crippen LogP contribution is 2.29. The van der Waals surface area contributed by atoms with E-state index in [-0.39, 0.29) is 11.8 Å². The summed E-state index contributed by atoms with van der Waals surface area (Å²) in [5, 5.41) is 5.59. The Hall–Kier alpha value is -3.68. The Morgan fingerprint density at radius 1 is 1.06 bits per heavy atom. The van der Waals surface area contributed by atoms with Gasteiger partial charge in [0.2, 0.25) is 0 Å². The van der Waals surface area contributed by atoms with Gasteiger partial charge in [-0.15, -0.1) is 0 Å². The SMILES string of the molecule is CC[C@H](C)c1nc(N2CCCN(C(=O)c3ccco3)CC2)c2cnn(-c3ccccc3)c2n1. The first-order valence-electron chi connectivity index (χ1n) is 11.5. The number of anilines is 1. The lowest BCUT2D eigenvalue weighted by Crippen LogP contribution is -2.35. The molecule has 1 saturated heterocycles. The average Bonchev–Trinajstić information content (AvgIpc) is 3.48. The summed E-state index contributed by atoms with van der Waals surface area (Å²) in [5.74, 6) is 2.27. The molecule has 4 heterocycles. The molecule has 0 spiro atoms. The number of fused-ring (bicyclic) bond motifs is 1. The van der Waals surface area contributed by atoms with E-state index in [4.69, 9.17) is 14.4 Å². The van der Waals surface area contributed by atoms with Crippen LogP contribution in [0.15, 0.2) is 59.3 Å². The number of hydrogen-bond donors (Lipinski definition) is 0. The van der Waals surface area contributed by atoms with Gasteiger partial charge in [0.1, 0.15) is 11.6 Å². The molecular formula is C25H28N6O2. The predicted octanol–water partition coefficient (Wildman–Crippen LogP) is 4.27. The Morgan fingerprint density at radius 3 is 2.67 bits per heavy atom. The van der Waals surface area contributed by atoms with Crippen LogP contribution in [0.2, 0.25) is 0 Å². The van der Waals surface area contributed by atoms with E-state index in [1.165, 1.54) is 6.26 Å². The fourth-order valence-corrected chi connectivity index (χ4v) is 4.20. The highest BCUT2D eigenvalue weighted by molar-refractivity contribution is 5.91. The molecule has 5 rings (SSSR count). The summed E-state index contributed by atoms with van der Waals surface area (Å²) in [6.07, 6.45) is 5.20. The van der Waals surface area contributed by atoms with Crippen molar-refractivity contribution in [1.82, 2.24) is 24.6 Å². The number of nitrogens with zero attached hydrogens (tertiary/aromatic N) is 6. The maximum atomic E-state index is 12.8. The number of amides is 1. The molecule has 1 fully saturated rings. The van der Waals surface area contributed by atoms with Gasteiger partial charge in [-0.2, -0.15) is 5.10 Å². The van der Waals surface area contributed by atoms with Crippen molar-refractivity contribution in [2.75, 3.05) is 31.1 Å². The topological polar surface area (TPSA) is 80.3 Å². The van der Waals surface area contributed by atoms with E-state index in [0.29, 0.717) is 25.4 Å². The number of carbonyl (C=O) groups is 1. The molecule has 0 radical (unpaired) electrons. The molecule has 0 N–H and O–H groups in total. The summed E-state index contributed by atoms with van der Waals surface area (Å²) in [7, 11) is 0. The summed E-state index contributed by atoms with van der Waals surface area (Å²) in [5.41, 5.74) is 1.78. The smallest absolute Gasteiger partial charge is 0.289 e. The lowest BCUT2D eigenvalue weighted by molar-refractivity contribution is 0.0735. The van der Waals surface area contributed by atoms with Crippen LogP contribution in [0.5, 0.6) is 0 Å². The van der Waals surface area contributed by atoms with Gasteiger partial charge in [0.15, 0.2) is 11.4 Å². The standard InChI is InChI=1S/C25H28N6O2/c1-3-18(2)22-27-23(20-17-26-31(24(20)28-22)19-9-5-4-6-10-19)29-12-8-13-30(15-14-29)25(32)21-11-7-16-33-21/h4-7,9-11,16-18H,3,8,12-15H2,1-2H3/t18-/m0/s1. The number of aromatic nitrogens is 4. The molecule has 1 atom stereocenters. The van der Waals surface area contributed by atoms with Crippen LogP contribution < -0.4 is 4.90 Å². The van der Waals surface area contributed by atoms with Crippen molar-refractivity contribution in [2.24, 2.45) is 0 Å². The first-order chi connectivity index (χ1) is 16.2. The number of furan rings is 1. The second kappa shape index (κ2) is 9.05. The lowest BCUT2D eigenvalue weighted by Gasteiger charge is -2.24. The summed E-state index contributed by atoms with van der Waals surface area (Å²) < 4.78 is 7.21. The minimum absolute atomic E-state index is 0.0631. The van der Waals surface area contributed by atoms with Gasteiger partial charge >= 0.3 is 0 Å². The maximum absolute atomic E-state index is 12.8. The average molecular weight is 445 g/mol. The molecule has 33 heavy (non-hydrogen) atoms. The van der Waals surface area contributed by atoms with Crippen molar-refractivity contribution in [1.29, 1.82) is 0 Å². The fourth-order valence-electron chi connectivity index (χ4n) is 4.20. The zero-order valence-corrected chi connectivity index (χ0v) is 19.0. The highest BCUT2D eigenvalue weighted by atomic mass is 16.3. The summed E-state index contributed by atoms with van der Waals surface area (Å²) in [4.78, 5) is 26.8. The number of carbonyl (C=O) groups excluding carboxylic acids is 1. The van der Waals surface area contributed by atoms with Gasteiger partial charge in [0.05, 0.1) is 23.5 Å². The van der Waals surface area contributed by atoms with Crippen molar-refractivity contribution >= 4 is 22.8 Å². The third-order valence-electron chi connectivity index (χ3n) is 6.29. The monoisotopic (exact) mass is 444 g/mol. The Bertz CT molecular complexity index is 1230. The van der Waals surface area contributed by atoms with Gasteiger partial charge in [0, 0.05) is 32.1 Å². The summed E-state index contributed by atoms with van der Waals surface area (Å²) >= 11 is 0. The number of para-hydroxylation sites is 1. The Kier molecular flexibility index (Phi) is 5.81. The predicted molar refractivity (Wildman–Crippen MR) is 127 cm³/mol. The van der Waals surface area contributed by atoms with E-state index in [1.807, 2.05) is 46.1 Å². The van der Waals surface area contributed by atoms with Crippen LogP contribution in [0.1, 0.15) is 49.0 Å². The second-order valence-electron chi connectivity index (χ2n) is 8.45. The third-order valence-corrected chi connectivity index (χ3v) is 6.29. The molecule has 0 aliphatic carbocycles. The molecule has 0 saturated carbocycles. The van der Waals surface area contributed by atoms with Gasteiger partial charge in [-0.3, -0.25) is 4.79 Å². The van der Waals surface area contributed by atoms with Crippen LogP contribution in [0.3, 0.4) is 0 Å². The van der Waals surface area contributed by atoms with Crippen molar-refractivity contribution in [3.05, 3.63) is 66.5 Å². The molecule has 1 aliphatic heterocycles. The van der Waals surface area contributed by atoms with Crippen molar-refractivity contribution in [3.8, 4) is 5.69 Å². The first-order valence-corrected chi connectivity index (χ1v) is 11.5. The molecule has 4 aromatic rings. The Balaban J connectivity index is 1.50. The van der Waals surface area contributed by atoms with Gasteiger partial charge in [-0.25, -0.2) is 14.6 Å². The Morgan fingerprint density at radius 2 is 1.91 bits per heavy atom. The zero-order valence-electron chi connectivity index (χ0n) is 19.0. The molecule has 3 aromatic heterocycles. The highest BCUT2D eigenvalue weighted by Gasteiger charge is 2.25. The molecule has 170 valence electrons. The van der Waals surface area contributed by atoms with Crippen LogP contribution in [-0.4, -0.2) is 56.7 Å². The third kappa shape index (κ3) is 4.08. The largest absolute Gasteiger partial charge is 0.459 e. The van der Waals surface area contributed by atoms with Crippen molar-refractivity contribution in [3.63, 3.8) is 0 Å². The van der Waals surface area contributed by atoms with E-state index in [9.17, 15) is 4.79 Å². The first kappa shape index (κ1) is 21.2. The van der Waals surface area contributed by atoms with Crippen LogP contribution in [-0.2, 0) is 0 Å². The Labute approximate surface area is 192 Å². The van der Waals surface area contributed by atoms with Crippen LogP contribution >= 0.6 is 0 Å². The lowest BCUT2D eigenvalue weighted by atomic mass is 10.1. The number of rotatable bonds is 5. The van der Waals surface area contributed by atoms with E-state index in [1.54, 1.807) is 12.1 Å². The van der Waals surface area contributed by atoms with Crippen molar-refractivity contribution < 1.29 is 9.21 Å². The number of benzene rings is 1. The van der Waals surface area contributed by atoms with Crippen LogP contribution in [0.4, 0.5) is 5.82 Å². The molecule has 8 heteroatoms. The molecule has 0 unspecified atom stereocenters. The molecule has 0 bridgehead atoms. The van der Waals surface area contributed by atoms with E-state index in [0.717, 1.165) is 47.7 Å². The molecule has 8 nitrogen and oxygen atoms in total. The zero-order chi connectivity index (χ0) is 22.8. The minimum Gasteiger partial charge on any atom is -0.459 e. The van der Waals surface area contributed by atoms with Gasteiger partial charge in [-0.05, 0) is 37.1 Å². The molecular weight excluding hydrogens is 416 g/mol. The second-order valence-corrected chi connectivity index (χ2v) is 8.45. The maximum Gasteiger partial charge on any atom is 0.289 e. The quantitative estimate of drug-likeness (QED) is 0.457. The summed E-state index contributed by atoms with van der Waals surface area (Å²) in [6.45, 7) is 7.10. The van der Waals surface area contributed by atoms with Crippen LogP contribution in [0.25, 0.3) is 16.7 Å². The summed E-state index contributed by atoms with van der Waals surface area (Å²) in [6, 6.07) is 13.5. The van der Waals surface area contributed by atoms with Crippen molar-refractivity contribution in [2.45, 2.75) is 32.6 Å². The van der Waals surface area contributed by atoms with E-state index >= 15 is 0 Å². The van der Waals surface area contributed by atoms with Gasteiger partial charge < -0.3 is 14.2 Å². The fraction of sp³-hybridized carbons (Fsp3) is 0.360. The van der Waals surface area contributed by atoms with E-state index in [2.05, 4.69) is 23.8 Å². The van der Waals surface area contributed by atoms with Gasteiger partial charge in [-0.1, -0.05) is 32.0 Å². The van der Waals surface area contributed by atoms with E-state index < -0.39 is 0 Å². The molecule has 1 aliphatic rings. The minimum atomic E-state index is -0.0631. The molecule has 1 aromatic carbocycles. The molecule has 1 amide bonds.